The minimum atomic E-state index is 0.673. The van der Waals surface area contributed by atoms with Crippen molar-refractivity contribution in [2.75, 3.05) is 13.7 Å². The molecule has 0 heterocycles. The lowest BCUT2D eigenvalue weighted by atomic mass is 10.2. The van der Waals surface area contributed by atoms with Gasteiger partial charge in [-0.1, -0.05) is 13.8 Å². The van der Waals surface area contributed by atoms with Crippen LogP contribution >= 0.6 is 0 Å². The second kappa shape index (κ2) is 4.75. The Labute approximate surface area is 79.5 Å². The number of ether oxygens (including phenoxy) is 2. The quantitative estimate of drug-likeness (QED) is 0.707. The van der Waals surface area contributed by atoms with Gasteiger partial charge in [0.05, 0.1) is 13.7 Å². The Bertz CT molecular complexity index is 239. The summed E-state index contributed by atoms with van der Waals surface area (Å²) < 4.78 is 10.5. The molecule has 0 bridgehead atoms. The van der Waals surface area contributed by atoms with E-state index >= 15 is 0 Å². The molecular weight excluding hydrogens is 164 g/mol. The van der Waals surface area contributed by atoms with Crippen LogP contribution in [0.25, 0.3) is 0 Å². The maximum absolute atomic E-state index is 5.47. The molecular formula is C11H15O2. The Balaban J connectivity index is 2.49. The van der Waals surface area contributed by atoms with Crippen molar-refractivity contribution in [2.45, 2.75) is 13.8 Å². The lowest BCUT2D eigenvalue weighted by Crippen LogP contribution is -2.02. The summed E-state index contributed by atoms with van der Waals surface area (Å²) in [7, 11) is 1.65. The number of methoxy groups -OCH3 is 1. The molecule has 1 aromatic rings. The van der Waals surface area contributed by atoms with E-state index in [0.29, 0.717) is 6.61 Å². The molecule has 0 unspecified atom stereocenters. The van der Waals surface area contributed by atoms with Crippen LogP contribution in [0.2, 0.25) is 0 Å². The van der Waals surface area contributed by atoms with Gasteiger partial charge in [0.2, 0.25) is 0 Å². The van der Waals surface area contributed by atoms with E-state index < -0.39 is 0 Å². The van der Waals surface area contributed by atoms with Crippen molar-refractivity contribution in [2.24, 2.45) is 0 Å². The van der Waals surface area contributed by atoms with E-state index in [2.05, 4.69) is 0 Å². The molecule has 0 saturated heterocycles. The van der Waals surface area contributed by atoms with E-state index in [1.165, 1.54) is 5.92 Å². The van der Waals surface area contributed by atoms with Crippen molar-refractivity contribution in [1.29, 1.82) is 0 Å². The molecule has 0 fully saturated rings. The van der Waals surface area contributed by atoms with Gasteiger partial charge in [-0.25, -0.2) is 0 Å². The topological polar surface area (TPSA) is 18.5 Å². The van der Waals surface area contributed by atoms with Crippen LogP contribution in [-0.4, -0.2) is 13.7 Å². The molecule has 1 radical (unpaired) electrons. The summed E-state index contributed by atoms with van der Waals surface area (Å²) in [6.45, 7) is 4.76. The fourth-order valence-corrected chi connectivity index (χ4v) is 0.900. The first-order chi connectivity index (χ1) is 6.22. The number of benzene rings is 1. The summed E-state index contributed by atoms with van der Waals surface area (Å²) in [6, 6.07) is 7.59. The summed E-state index contributed by atoms with van der Waals surface area (Å²) in [5.74, 6) is 2.99. The van der Waals surface area contributed by atoms with Crippen molar-refractivity contribution in [3.63, 3.8) is 0 Å². The normalized spacial score (nSPS) is 10.2. The average Bonchev–Trinajstić information content (AvgIpc) is 2.15. The molecule has 2 heteroatoms. The molecule has 0 N–H and O–H groups in total. The molecule has 0 spiro atoms. The van der Waals surface area contributed by atoms with Gasteiger partial charge in [-0.2, -0.15) is 0 Å². The molecule has 0 aliphatic rings. The zero-order valence-corrected chi connectivity index (χ0v) is 8.33. The van der Waals surface area contributed by atoms with E-state index in [9.17, 15) is 0 Å². The highest BCUT2D eigenvalue weighted by Gasteiger charge is 1.97. The highest BCUT2D eigenvalue weighted by atomic mass is 16.5. The third kappa shape index (κ3) is 3.36. The fourth-order valence-electron chi connectivity index (χ4n) is 0.900. The van der Waals surface area contributed by atoms with Gasteiger partial charge in [0.25, 0.3) is 0 Å². The highest BCUT2D eigenvalue weighted by Crippen LogP contribution is 2.17. The maximum Gasteiger partial charge on any atom is 0.119 e. The predicted octanol–water partition coefficient (Wildman–Crippen LogP) is 2.69. The number of rotatable bonds is 4. The van der Waals surface area contributed by atoms with Crippen LogP contribution in [0.1, 0.15) is 13.8 Å². The van der Waals surface area contributed by atoms with E-state index in [0.717, 1.165) is 11.5 Å². The molecule has 1 aromatic carbocycles. The summed E-state index contributed by atoms with van der Waals surface area (Å²) in [5.41, 5.74) is 0. The molecule has 0 aromatic heterocycles. The first-order valence-corrected chi connectivity index (χ1v) is 4.28. The van der Waals surface area contributed by atoms with Crippen molar-refractivity contribution in [1.82, 2.24) is 0 Å². The van der Waals surface area contributed by atoms with E-state index in [1.807, 2.05) is 38.1 Å². The fraction of sp³-hybridized carbons (Fsp3) is 0.364. The van der Waals surface area contributed by atoms with Crippen molar-refractivity contribution in [3.05, 3.63) is 30.2 Å². The molecule has 13 heavy (non-hydrogen) atoms. The average molecular weight is 179 g/mol. The first-order valence-electron chi connectivity index (χ1n) is 4.28. The van der Waals surface area contributed by atoms with Crippen LogP contribution in [-0.2, 0) is 0 Å². The smallest absolute Gasteiger partial charge is 0.119 e. The third-order valence-corrected chi connectivity index (χ3v) is 1.59. The Hall–Kier alpha value is -1.18. The summed E-state index contributed by atoms with van der Waals surface area (Å²) in [4.78, 5) is 0. The monoisotopic (exact) mass is 179 g/mol. The third-order valence-electron chi connectivity index (χ3n) is 1.59. The minimum Gasteiger partial charge on any atom is -0.497 e. The Morgan fingerprint density at radius 2 is 1.62 bits per heavy atom. The van der Waals surface area contributed by atoms with E-state index in [1.54, 1.807) is 7.11 Å². The van der Waals surface area contributed by atoms with E-state index in [-0.39, 0.29) is 0 Å². The molecule has 0 atom stereocenters. The summed E-state index contributed by atoms with van der Waals surface area (Å²) in [5, 5.41) is 0. The first kappa shape index (κ1) is 9.90. The lowest BCUT2D eigenvalue weighted by Gasteiger charge is -2.08. The molecule has 0 saturated carbocycles. The van der Waals surface area contributed by atoms with Crippen LogP contribution in [0.3, 0.4) is 0 Å². The second-order valence-corrected chi connectivity index (χ2v) is 3.17. The van der Waals surface area contributed by atoms with Gasteiger partial charge in [0.1, 0.15) is 11.5 Å². The van der Waals surface area contributed by atoms with Crippen LogP contribution in [0.5, 0.6) is 11.5 Å². The van der Waals surface area contributed by atoms with E-state index in [4.69, 9.17) is 9.47 Å². The van der Waals surface area contributed by atoms with Gasteiger partial charge in [0.15, 0.2) is 0 Å². The van der Waals surface area contributed by atoms with Crippen LogP contribution in [0.15, 0.2) is 24.3 Å². The molecule has 0 aliphatic carbocycles. The van der Waals surface area contributed by atoms with Crippen molar-refractivity contribution < 1.29 is 9.47 Å². The van der Waals surface area contributed by atoms with Crippen LogP contribution in [0, 0.1) is 5.92 Å². The summed E-state index contributed by atoms with van der Waals surface area (Å²) in [6.07, 6.45) is 0. The number of hydrogen-bond acceptors (Lipinski definition) is 2. The zero-order valence-electron chi connectivity index (χ0n) is 8.33. The Morgan fingerprint density at radius 3 is 2.08 bits per heavy atom. The van der Waals surface area contributed by atoms with Gasteiger partial charge in [-0.3, -0.25) is 0 Å². The van der Waals surface area contributed by atoms with Gasteiger partial charge >= 0.3 is 0 Å². The molecule has 1 rings (SSSR count). The zero-order chi connectivity index (χ0) is 9.68. The highest BCUT2D eigenvalue weighted by molar-refractivity contribution is 5.31. The molecule has 2 nitrogen and oxygen atoms in total. The van der Waals surface area contributed by atoms with Crippen LogP contribution < -0.4 is 9.47 Å². The molecule has 0 aliphatic heterocycles. The van der Waals surface area contributed by atoms with Crippen LogP contribution in [0.4, 0.5) is 0 Å². The van der Waals surface area contributed by atoms with Gasteiger partial charge < -0.3 is 9.47 Å². The molecule has 71 valence electrons. The van der Waals surface area contributed by atoms with Gasteiger partial charge in [-0.05, 0) is 24.3 Å². The Kier molecular flexibility index (Phi) is 3.62. The SMILES string of the molecule is COc1ccc(OC[C](C)C)cc1. The largest absolute Gasteiger partial charge is 0.497 e. The molecule has 0 amide bonds. The standard InChI is InChI=1S/C11H15O2/c1-9(2)8-13-11-6-4-10(12-3)5-7-11/h4-7H,8H2,1-3H3. The second-order valence-electron chi connectivity index (χ2n) is 3.17. The number of hydrogen-bond donors (Lipinski definition) is 0. The maximum atomic E-state index is 5.47. The van der Waals surface area contributed by atoms with Crippen molar-refractivity contribution in [3.8, 4) is 11.5 Å². The summed E-state index contributed by atoms with van der Waals surface area (Å²) >= 11 is 0. The Morgan fingerprint density at radius 1 is 1.08 bits per heavy atom. The van der Waals surface area contributed by atoms with Crippen molar-refractivity contribution >= 4 is 0 Å². The predicted molar refractivity (Wildman–Crippen MR) is 53.1 cm³/mol. The lowest BCUT2D eigenvalue weighted by molar-refractivity contribution is 0.331. The van der Waals surface area contributed by atoms with Gasteiger partial charge in [0, 0.05) is 5.92 Å². The minimum absolute atomic E-state index is 0.673. The van der Waals surface area contributed by atoms with Gasteiger partial charge in [-0.15, -0.1) is 0 Å².